The van der Waals surface area contributed by atoms with Crippen molar-refractivity contribution in [2.75, 3.05) is 25.0 Å². The first-order valence-corrected chi connectivity index (χ1v) is 6.75. The van der Waals surface area contributed by atoms with Gasteiger partial charge in [-0.2, -0.15) is 0 Å². The van der Waals surface area contributed by atoms with Crippen molar-refractivity contribution < 1.29 is 4.79 Å². The van der Waals surface area contributed by atoms with Gasteiger partial charge in [0, 0.05) is 32.1 Å². The molecule has 1 amide bonds. The molecule has 0 spiro atoms. The number of hydrogen-bond donors (Lipinski definition) is 2. The lowest BCUT2D eigenvalue weighted by molar-refractivity contribution is -0.119. The summed E-state index contributed by atoms with van der Waals surface area (Å²) in [5, 5.41) is 6.14. The minimum atomic E-state index is 0.0446. The third-order valence-electron chi connectivity index (χ3n) is 3.61. The van der Waals surface area contributed by atoms with Gasteiger partial charge in [0.05, 0.1) is 17.6 Å². The molecule has 1 fully saturated rings. The van der Waals surface area contributed by atoms with Gasteiger partial charge in [-0.1, -0.05) is 0 Å². The van der Waals surface area contributed by atoms with Crippen LogP contribution in [0.1, 0.15) is 32.0 Å². The second kappa shape index (κ2) is 6.02. The monoisotopic (exact) mass is 262 g/mol. The van der Waals surface area contributed by atoms with Crippen molar-refractivity contribution in [2.45, 2.75) is 32.4 Å². The molecule has 1 aliphatic heterocycles. The summed E-state index contributed by atoms with van der Waals surface area (Å²) < 4.78 is 0. The lowest BCUT2D eigenvalue weighted by Gasteiger charge is -2.19. The molecule has 1 aromatic heterocycles. The van der Waals surface area contributed by atoms with Gasteiger partial charge in [-0.05, 0) is 32.5 Å². The van der Waals surface area contributed by atoms with Crippen LogP contribution < -0.4 is 15.5 Å². The third-order valence-corrected chi connectivity index (χ3v) is 3.61. The Hall–Kier alpha value is -1.62. The smallest absolute Gasteiger partial charge is 0.217 e. The van der Waals surface area contributed by atoms with Gasteiger partial charge >= 0.3 is 0 Å². The topological polar surface area (TPSA) is 57.3 Å². The Kier molecular flexibility index (Phi) is 4.37. The Balaban J connectivity index is 1.98. The summed E-state index contributed by atoms with van der Waals surface area (Å²) in [6.45, 7) is 5.48. The van der Waals surface area contributed by atoms with Crippen LogP contribution in [-0.4, -0.2) is 37.1 Å². The molecule has 0 radical (unpaired) electrons. The highest BCUT2D eigenvalue weighted by Gasteiger charge is 2.23. The highest BCUT2D eigenvalue weighted by atomic mass is 16.1. The van der Waals surface area contributed by atoms with Gasteiger partial charge in [-0.15, -0.1) is 0 Å². The molecule has 2 unspecified atom stereocenters. The van der Waals surface area contributed by atoms with Crippen LogP contribution in [-0.2, 0) is 4.79 Å². The highest BCUT2D eigenvalue weighted by molar-refractivity contribution is 5.73. The van der Waals surface area contributed by atoms with Crippen LogP contribution in [0.5, 0.6) is 0 Å². The zero-order valence-corrected chi connectivity index (χ0v) is 11.8. The molecule has 2 heterocycles. The zero-order chi connectivity index (χ0) is 13.8. The van der Waals surface area contributed by atoms with Crippen LogP contribution in [0.25, 0.3) is 0 Å². The van der Waals surface area contributed by atoms with Crippen LogP contribution in [0.4, 0.5) is 5.69 Å². The van der Waals surface area contributed by atoms with Crippen molar-refractivity contribution in [3.05, 3.63) is 24.0 Å². The summed E-state index contributed by atoms with van der Waals surface area (Å²) in [6, 6.07) is 4.68. The molecule has 2 N–H and O–H groups in total. The van der Waals surface area contributed by atoms with Gasteiger partial charge in [-0.25, -0.2) is 0 Å². The van der Waals surface area contributed by atoms with Crippen molar-refractivity contribution in [3.63, 3.8) is 0 Å². The van der Waals surface area contributed by atoms with Gasteiger partial charge < -0.3 is 15.5 Å². The number of rotatable bonds is 4. The molecular formula is C14H22N4O. The van der Waals surface area contributed by atoms with Crippen molar-refractivity contribution in [3.8, 4) is 0 Å². The van der Waals surface area contributed by atoms with E-state index in [4.69, 9.17) is 0 Å². The van der Waals surface area contributed by atoms with E-state index in [0.29, 0.717) is 0 Å². The predicted molar refractivity (Wildman–Crippen MR) is 76.1 cm³/mol. The predicted octanol–water partition coefficient (Wildman–Crippen LogP) is 1.08. The van der Waals surface area contributed by atoms with E-state index < -0.39 is 0 Å². The van der Waals surface area contributed by atoms with Crippen molar-refractivity contribution >= 4 is 11.6 Å². The first-order valence-electron chi connectivity index (χ1n) is 6.75. The minimum Gasteiger partial charge on any atom is -0.368 e. The Morgan fingerprint density at radius 1 is 1.53 bits per heavy atom. The van der Waals surface area contributed by atoms with Crippen LogP contribution in [0.3, 0.4) is 0 Å². The van der Waals surface area contributed by atoms with E-state index in [-0.39, 0.29) is 18.0 Å². The Bertz CT molecular complexity index is 432. The molecule has 1 aliphatic rings. The summed E-state index contributed by atoms with van der Waals surface area (Å²) in [6.07, 6.45) is 2.91. The van der Waals surface area contributed by atoms with Crippen molar-refractivity contribution in [1.29, 1.82) is 0 Å². The van der Waals surface area contributed by atoms with E-state index in [1.54, 1.807) is 6.92 Å². The zero-order valence-electron chi connectivity index (χ0n) is 11.8. The molecule has 0 aromatic carbocycles. The average Bonchev–Trinajstić information content (AvgIpc) is 2.85. The molecule has 2 atom stereocenters. The molecule has 0 bridgehead atoms. The molecule has 19 heavy (non-hydrogen) atoms. The quantitative estimate of drug-likeness (QED) is 0.852. The molecule has 1 saturated heterocycles. The second-order valence-corrected chi connectivity index (χ2v) is 5.08. The van der Waals surface area contributed by atoms with E-state index in [1.807, 2.05) is 13.2 Å². The van der Waals surface area contributed by atoms with Gasteiger partial charge in [0.25, 0.3) is 0 Å². The standard InChI is InChI=1S/C14H22N4O/c1-10(15-3)14-5-4-13(8-16-14)18-7-6-12(9-18)17-11(2)19/h4-5,8,10,12,15H,6-7,9H2,1-3H3,(H,17,19). The molecule has 2 rings (SSSR count). The van der Waals surface area contributed by atoms with E-state index in [2.05, 4.69) is 39.6 Å². The first kappa shape index (κ1) is 13.8. The molecule has 5 nitrogen and oxygen atoms in total. The lowest BCUT2D eigenvalue weighted by atomic mass is 10.2. The largest absolute Gasteiger partial charge is 0.368 e. The highest BCUT2D eigenvalue weighted by Crippen LogP contribution is 2.21. The number of carbonyl (C=O) groups excluding carboxylic acids is 1. The number of carbonyl (C=O) groups is 1. The summed E-state index contributed by atoms with van der Waals surface area (Å²) in [7, 11) is 1.93. The summed E-state index contributed by atoms with van der Waals surface area (Å²) in [4.78, 5) is 17.8. The fourth-order valence-corrected chi connectivity index (χ4v) is 2.39. The van der Waals surface area contributed by atoms with E-state index >= 15 is 0 Å². The van der Waals surface area contributed by atoms with Gasteiger partial charge in [0.2, 0.25) is 5.91 Å². The summed E-state index contributed by atoms with van der Waals surface area (Å²) >= 11 is 0. The van der Waals surface area contributed by atoms with Crippen molar-refractivity contribution in [1.82, 2.24) is 15.6 Å². The number of nitrogens with zero attached hydrogens (tertiary/aromatic N) is 2. The number of aromatic nitrogens is 1. The summed E-state index contributed by atoms with van der Waals surface area (Å²) in [5.74, 6) is 0.0446. The van der Waals surface area contributed by atoms with Crippen LogP contribution in [0.15, 0.2) is 18.3 Å². The Morgan fingerprint density at radius 3 is 2.89 bits per heavy atom. The number of anilines is 1. The fourth-order valence-electron chi connectivity index (χ4n) is 2.39. The number of hydrogen-bond acceptors (Lipinski definition) is 4. The number of amides is 1. The average molecular weight is 262 g/mol. The molecule has 0 aliphatic carbocycles. The maximum atomic E-state index is 11.0. The molecule has 0 saturated carbocycles. The van der Waals surface area contributed by atoms with E-state index in [9.17, 15) is 4.79 Å². The maximum Gasteiger partial charge on any atom is 0.217 e. The SMILES string of the molecule is CNC(C)c1ccc(N2CCC(NC(C)=O)C2)cn1. The van der Waals surface area contributed by atoms with Gasteiger partial charge in [-0.3, -0.25) is 9.78 Å². The third kappa shape index (κ3) is 3.44. The van der Waals surface area contributed by atoms with Gasteiger partial charge in [0.1, 0.15) is 0 Å². The molecular weight excluding hydrogens is 240 g/mol. The molecule has 5 heteroatoms. The molecule has 1 aromatic rings. The van der Waals surface area contributed by atoms with Gasteiger partial charge in [0.15, 0.2) is 0 Å². The lowest BCUT2D eigenvalue weighted by Crippen LogP contribution is -2.35. The fraction of sp³-hybridized carbons (Fsp3) is 0.571. The Morgan fingerprint density at radius 2 is 2.32 bits per heavy atom. The maximum absolute atomic E-state index is 11.0. The normalized spacial score (nSPS) is 20.4. The van der Waals surface area contributed by atoms with E-state index in [1.165, 1.54) is 0 Å². The first-order chi connectivity index (χ1) is 9.10. The van der Waals surface area contributed by atoms with E-state index in [0.717, 1.165) is 30.9 Å². The van der Waals surface area contributed by atoms with Crippen molar-refractivity contribution in [2.24, 2.45) is 0 Å². The van der Waals surface area contributed by atoms with Crippen LogP contribution in [0, 0.1) is 0 Å². The molecule has 104 valence electrons. The minimum absolute atomic E-state index is 0.0446. The number of nitrogens with one attached hydrogen (secondary N) is 2. The van der Waals surface area contributed by atoms with Crippen LogP contribution >= 0.6 is 0 Å². The number of pyridine rings is 1. The van der Waals surface area contributed by atoms with Crippen LogP contribution in [0.2, 0.25) is 0 Å². The second-order valence-electron chi connectivity index (χ2n) is 5.08. The Labute approximate surface area is 114 Å². The summed E-state index contributed by atoms with van der Waals surface area (Å²) in [5.41, 5.74) is 2.17.